The number of rotatable bonds is 3. The highest BCUT2D eigenvalue weighted by atomic mass is 35.5. The normalized spacial score (nSPS) is 11.4. The molecular formula is C16H20ClN3O. The molecule has 2 rings (SSSR count). The molecule has 0 saturated carbocycles. The maximum Gasteiger partial charge on any atom is 0.270 e. The van der Waals surface area contributed by atoms with Crippen LogP contribution >= 0.6 is 12.4 Å². The molecule has 1 aromatic carbocycles. The second kappa shape index (κ2) is 7.09. The maximum absolute atomic E-state index is 12.1. The number of pyridine rings is 1. The Morgan fingerprint density at radius 2 is 1.95 bits per heavy atom. The number of halogens is 1. The van der Waals surface area contributed by atoms with Gasteiger partial charge in [-0.2, -0.15) is 0 Å². The largest absolute Gasteiger partial charge is 0.397 e. The number of nitrogens with one attached hydrogen (secondary N) is 1. The number of hydrogen-bond donors (Lipinski definition) is 2. The lowest BCUT2D eigenvalue weighted by Gasteiger charge is -2.17. The van der Waals surface area contributed by atoms with Crippen LogP contribution in [0.1, 0.15) is 40.1 Å². The zero-order chi connectivity index (χ0) is 14.7. The molecule has 1 amide bonds. The van der Waals surface area contributed by atoms with E-state index in [0.717, 1.165) is 5.56 Å². The molecule has 2 aromatic rings. The Morgan fingerprint density at radius 3 is 2.52 bits per heavy atom. The fourth-order valence-electron chi connectivity index (χ4n) is 2.20. The van der Waals surface area contributed by atoms with Gasteiger partial charge in [0.05, 0.1) is 17.9 Å². The molecule has 0 aliphatic carbocycles. The number of amides is 1. The number of aryl methyl sites for hydroxylation is 2. The summed E-state index contributed by atoms with van der Waals surface area (Å²) in [6, 6.07) is 9.43. The van der Waals surface area contributed by atoms with Crippen molar-refractivity contribution in [2.75, 3.05) is 5.73 Å². The van der Waals surface area contributed by atoms with Crippen LogP contribution in [0.2, 0.25) is 0 Å². The minimum atomic E-state index is -0.197. The Morgan fingerprint density at radius 1 is 1.24 bits per heavy atom. The second-order valence-electron chi connectivity index (χ2n) is 5.03. The standard InChI is InChI=1S/C16H19N3O.ClH/c1-10-4-6-14(11(2)8-10)12(3)19-16(20)15-7-5-13(17)9-18-15;/h4-9,12H,17H2,1-3H3,(H,19,20);1H. The third kappa shape index (κ3) is 4.20. The number of nitrogens with two attached hydrogens (primary N) is 1. The van der Waals surface area contributed by atoms with E-state index in [-0.39, 0.29) is 24.4 Å². The van der Waals surface area contributed by atoms with Crippen molar-refractivity contribution < 1.29 is 4.79 Å². The van der Waals surface area contributed by atoms with E-state index in [2.05, 4.69) is 23.3 Å². The van der Waals surface area contributed by atoms with Crippen molar-refractivity contribution in [2.45, 2.75) is 26.8 Å². The predicted octanol–water partition coefficient (Wildman–Crippen LogP) is 3.19. The summed E-state index contributed by atoms with van der Waals surface area (Å²) < 4.78 is 0. The molecule has 21 heavy (non-hydrogen) atoms. The number of carbonyl (C=O) groups excluding carboxylic acids is 1. The van der Waals surface area contributed by atoms with Crippen LogP contribution in [-0.2, 0) is 0 Å². The first kappa shape index (κ1) is 17.0. The van der Waals surface area contributed by atoms with Crippen LogP contribution in [-0.4, -0.2) is 10.9 Å². The minimum Gasteiger partial charge on any atom is -0.397 e. The summed E-state index contributed by atoms with van der Waals surface area (Å²) in [4.78, 5) is 16.1. The van der Waals surface area contributed by atoms with Gasteiger partial charge in [0.1, 0.15) is 5.69 Å². The van der Waals surface area contributed by atoms with E-state index in [1.807, 2.05) is 26.0 Å². The first-order valence-corrected chi connectivity index (χ1v) is 6.57. The molecular weight excluding hydrogens is 286 g/mol. The molecule has 1 unspecified atom stereocenters. The summed E-state index contributed by atoms with van der Waals surface area (Å²) in [6.45, 7) is 6.07. The van der Waals surface area contributed by atoms with Crippen molar-refractivity contribution in [3.63, 3.8) is 0 Å². The smallest absolute Gasteiger partial charge is 0.270 e. The number of anilines is 1. The number of benzene rings is 1. The van der Waals surface area contributed by atoms with Gasteiger partial charge < -0.3 is 11.1 Å². The Bertz CT molecular complexity index is 626. The number of nitrogens with zero attached hydrogens (tertiary/aromatic N) is 1. The molecule has 0 aliphatic rings. The topological polar surface area (TPSA) is 68.0 Å². The van der Waals surface area contributed by atoms with E-state index < -0.39 is 0 Å². The van der Waals surface area contributed by atoms with Gasteiger partial charge in [-0.15, -0.1) is 12.4 Å². The van der Waals surface area contributed by atoms with Crippen LogP contribution in [0.3, 0.4) is 0 Å². The molecule has 1 heterocycles. The van der Waals surface area contributed by atoms with Crippen LogP contribution in [0.15, 0.2) is 36.5 Å². The van der Waals surface area contributed by atoms with Gasteiger partial charge in [0.25, 0.3) is 5.91 Å². The van der Waals surface area contributed by atoms with Gasteiger partial charge in [0.2, 0.25) is 0 Å². The van der Waals surface area contributed by atoms with Crippen LogP contribution in [0.4, 0.5) is 5.69 Å². The number of nitrogen functional groups attached to an aromatic ring is 1. The number of carbonyl (C=O) groups is 1. The Balaban J connectivity index is 0.00000220. The summed E-state index contributed by atoms with van der Waals surface area (Å²) in [5.41, 5.74) is 9.97. The van der Waals surface area contributed by atoms with E-state index in [4.69, 9.17) is 5.73 Å². The molecule has 0 saturated heterocycles. The summed E-state index contributed by atoms with van der Waals surface area (Å²) in [5, 5.41) is 2.95. The number of aromatic nitrogens is 1. The zero-order valence-electron chi connectivity index (χ0n) is 12.4. The fourth-order valence-corrected chi connectivity index (χ4v) is 2.20. The highest BCUT2D eigenvalue weighted by Gasteiger charge is 2.13. The third-order valence-corrected chi connectivity index (χ3v) is 3.26. The Hall–Kier alpha value is -2.07. The van der Waals surface area contributed by atoms with Gasteiger partial charge in [-0.05, 0) is 44.0 Å². The van der Waals surface area contributed by atoms with E-state index in [9.17, 15) is 4.79 Å². The quantitative estimate of drug-likeness (QED) is 0.915. The molecule has 0 radical (unpaired) electrons. The van der Waals surface area contributed by atoms with Crippen LogP contribution in [0, 0.1) is 13.8 Å². The Labute approximate surface area is 131 Å². The van der Waals surface area contributed by atoms with Crippen molar-refractivity contribution in [2.24, 2.45) is 0 Å². The van der Waals surface area contributed by atoms with Gasteiger partial charge in [-0.25, -0.2) is 4.98 Å². The summed E-state index contributed by atoms with van der Waals surface area (Å²) in [5.74, 6) is -0.197. The molecule has 0 fully saturated rings. The summed E-state index contributed by atoms with van der Waals surface area (Å²) in [7, 11) is 0. The summed E-state index contributed by atoms with van der Waals surface area (Å²) >= 11 is 0. The predicted molar refractivity (Wildman–Crippen MR) is 87.7 cm³/mol. The highest BCUT2D eigenvalue weighted by Crippen LogP contribution is 2.18. The lowest BCUT2D eigenvalue weighted by molar-refractivity contribution is 0.0935. The van der Waals surface area contributed by atoms with Crippen molar-refractivity contribution >= 4 is 24.0 Å². The van der Waals surface area contributed by atoms with E-state index in [1.165, 1.54) is 17.3 Å². The summed E-state index contributed by atoms with van der Waals surface area (Å²) in [6.07, 6.45) is 1.48. The van der Waals surface area contributed by atoms with Gasteiger partial charge in [0, 0.05) is 0 Å². The third-order valence-electron chi connectivity index (χ3n) is 3.26. The molecule has 1 aromatic heterocycles. The van der Waals surface area contributed by atoms with E-state index >= 15 is 0 Å². The monoisotopic (exact) mass is 305 g/mol. The Kier molecular flexibility index (Phi) is 5.73. The molecule has 0 bridgehead atoms. The average molecular weight is 306 g/mol. The highest BCUT2D eigenvalue weighted by molar-refractivity contribution is 5.92. The van der Waals surface area contributed by atoms with Crippen LogP contribution in [0.25, 0.3) is 0 Å². The molecule has 4 nitrogen and oxygen atoms in total. The molecule has 112 valence electrons. The van der Waals surface area contributed by atoms with Crippen molar-refractivity contribution in [3.8, 4) is 0 Å². The zero-order valence-corrected chi connectivity index (χ0v) is 13.2. The van der Waals surface area contributed by atoms with Gasteiger partial charge in [-0.3, -0.25) is 4.79 Å². The number of hydrogen-bond acceptors (Lipinski definition) is 3. The van der Waals surface area contributed by atoms with Crippen molar-refractivity contribution in [1.82, 2.24) is 10.3 Å². The first-order valence-electron chi connectivity index (χ1n) is 6.57. The first-order chi connectivity index (χ1) is 9.47. The second-order valence-corrected chi connectivity index (χ2v) is 5.03. The van der Waals surface area contributed by atoms with Gasteiger partial charge in [0.15, 0.2) is 0 Å². The molecule has 0 spiro atoms. The van der Waals surface area contributed by atoms with Crippen molar-refractivity contribution in [1.29, 1.82) is 0 Å². The fraction of sp³-hybridized carbons (Fsp3) is 0.250. The lowest BCUT2D eigenvalue weighted by atomic mass is 10.0. The van der Waals surface area contributed by atoms with Gasteiger partial charge >= 0.3 is 0 Å². The van der Waals surface area contributed by atoms with E-state index in [1.54, 1.807) is 12.1 Å². The van der Waals surface area contributed by atoms with Crippen molar-refractivity contribution in [3.05, 3.63) is 58.9 Å². The van der Waals surface area contributed by atoms with Gasteiger partial charge in [-0.1, -0.05) is 23.8 Å². The molecule has 0 aliphatic heterocycles. The van der Waals surface area contributed by atoms with Crippen LogP contribution < -0.4 is 11.1 Å². The molecule has 5 heteroatoms. The SMILES string of the molecule is Cc1ccc(C(C)NC(=O)c2ccc(N)cn2)c(C)c1.Cl. The average Bonchev–Trinajstić information content (AvgIpc) is 2.39. The minimum absolute atomic E-state index is 0. The van der Waals surface area contributed by atoms with E-state index in [0.29, 0.717) is 11.4 Å². The lowest BCUT2D eigenvalue weighted by Crippen LogP contribution is -2.27. The molecule has 3 N–H and O–H groups in total. The van der Waals surface area contributed by atoms with Crippen LogP contribution in [0.5, 0.6) is 0 Å². The maximum atomic E-state index is 12.1. The molecule has 1 atom stereocenters.